The van der Waals surface area contributed by atoms with E-state index in [1.165, 1.54) is 30.5 Å². The number of ether oxygens (including phenoxy) is 2. The Morgan fingerprint density at radius 2 is 1.78 bits per heavy atom. The predicted molar refractivity (Wildman–Crippen MR) is 64.4 cm³/mol. The van der Waals surface area contributed by atoms with E-state index in [9.17, 15) is 9.59 Å². The highest BCUT2D eigenvalue weighted by Gasteiger charge is 2.08. The summed E-state index contributed by atoms with van der Waals surface area (Å²) in [5.41, 5.74) is 0.439. The molecule has 0 amide bonds. The Morgan fingerprint density at radius 3 is 2.33 bits per heavy atom. The maximum Gasteiger partial charge on any atom is 0.338 e. The quantitative estimate of drug-likeness (QED) is 0.475. The fourth-order valence-electron chi connectivity index (χ4n) is 1.18. The van der Waals surface area contributed by atoms with Crippen LogP contribution in [0.5, 0.6) is 0 Å². The Morgan fingerprint density at radius 1 is 1.17 bits per heavy atom. The van der Waals surface area contributed by atoms with Gasteiger partial charge in [-0.15, -0.1) is 0 Å². The lowest BCUT2D eigenvalue weighted by molar-refractivity contribution is 0.0420. The van der Waals surface area contributed by atoms with Crippen molar-refractivity contribution in [2.75, 3.05) is 13.2 Å². The van der Waals surface area contributed by atoms with Crippen LogP contribution in [0.2, 0.25) is 0 Å². The van der Waals surface area contributed by atoms with Gasteiger partial charge in [-0.2, -0.15) is 0 Å². The van der Waals surface area contributed by atoms with E-state index in [1.807, 2.05) is 6.92 Å². The lowest BCUT2D eigenvalue weighted by atomic mass is 10.1. The largest absolute Gasteiger partial charge is 0.498 e. The molecule has 0 saturated heterocycles. The third-order valence-corrected chi connectivity index (χ3v) is 2.03. The smallest absolute Gasteiger partial charge is 0.338 e. The molecule has 0 aromatic heterocycles. The third kappa shape index (κ3) is 4.29. The molecule has 0 aliphatic carbocycles. The van der Waals surface area contributed by atoms with E-state index in [-0.39, 0.29) is 18.8 Å². The van der Waals surface area contributed by atoms with Crippen molar-refractivity contribution >= 4 is 11.9 Å². The summed E-state index contributed by atoms with van der Waals surface area (Å²) in [6, 6.07) is 5.54. The number of aromatic carboxylic acids is 1. The van der Waals surface area contributed by atoms with E-state index in [0.29, 0.717) is 5.56 Å². The molecule has 5 nitrogen and oxygen atoms in total. The van der Waals surface area contributed by atoms with Gasteiger partial charge in [0.25, 0.3) is 0 Å². The zero-order valence-corrected chi connectivity index (χ0v) is 9.96. The summed E-state index contributed by atoms with van der Waals surface area (Å²) in [6.07, 6.45) is 3.24. The molecule has 0 fully saturated rings. The highest BCUT2D eigenvalue weighted by Crippen LogP contribution is 2.06. The molecule has 0 bridgehead atoms. The van der Waals surface area contributed by atoms with Gasteiger partial charge in [-0.3, -0.25) is 0 Å². The fourth-order valence-corrected chi connectivity index (χ4v) is 1.18. The Balaban J connectivity index is 2.44. The van der Waals surface area contributed by atoms with Crippen LogP contribution in [0.3, 0.4) is 0 Å². The number of rotatable bonds is 6. The molecule has 5 heteroatoms. The van der Waals surface area contributed by atoms with Crippen LogP contribution in [0.4, 0.5) is 0 Å². The van der Waals surface area contributed by atoms with E-state index < -0.39 is 11.9 Å². The minimum absolute atomic E-state index is 0.128. The second-order valence-electron chi connectivity index (χ2n) is 3.36. The van der Waals surface area contributed by atoms with Gasteiger partial charge in [-0.25, -0.2) is 9.59 Å². The van der Waals surface area contributed by atoms with E-state index in [4.69, 9.17) is 14.6 Å². The predicted octanol–water partition coefficient (Wildman–Crippen LogP) is 2.09. The Bertz CT molecular complexity index is 433. The molecule has 0 heterocycles. The first-order chi connectivity index (χ1) is 8.65. The molecule has 96 valence electrons. The van der Waals surface area contributed by atoms with E-state index in [1.54, 1.807) is 6.08 Å². The van der Waals surface area contributed by atoms with Crippen LogP contribution >= 0.6 is 0 Å². The molecule has 1 aromatic rings. The number of carbonyl (C=O) groups is 2. The maximum absolute atomic E-state index is 11.5. The molecule has 0 radical (unpaired) electrons. The number of carbonyl (C=O) groups excluding carboxylic acids is 1. The molecule has 1 aromatic carbocycles. The van der Waals surface area contributed by atoms with Gasteiger partial charge >= 0.3 is 11.9 Å². The van der Waals surface area contributed by atoms with E-state index >= 15 is 0 Å². The fraction of sp³-hybridized carbons (Fsp3) is 0.231. The molecule has 0 saturated carbocycles. The zero-order chi connectivity index (χ0) is 13.4. The van der Waals surface area contributed by atoms with Gasteiger partial charge < -0.3 is 14.6 Å². The number of carboxylic acids is 1. The van der Waals surface area contributed by atoms with Gasteiger partial charge in [-0.1, -0.05) is 6.08 Å². The van der Waals surface area contributed by atoms with Crippen LogP contribution in [0.1, 0.15) is 27.6 Å². The average Bonchev–Trinajstić information content (AvgIpc) is 2.38. The van der Waals surface area contributed by atoms with Gasteiger partial charge in [0, 0.05) is 0 Å². The van der Waals surface area contributed by atoms with Crippen molar-refractivity contribution < 1.29 is 24.2 Å². The Kier molecular flexibility index (Phi) is 5.44. The van der Waals surface area contributed by atoms with Crippen LogP contribution in [0.15, 0.2) is 36.6 Å². The molecular weight excluding hydrogens is 236 g/mol. The Labute approximate surface area is 105 Å². The third-order valence-electron chi connectivity index (χ3n) is 2.03. The molecule has 0 atom stereocenters. The highest BCUT2D eigenvalue weighted by atomic mass is 16.6. The van der Waals surface area contributed by atoms with Gasteiger partial charge in [0.1, 0.15) is 13.2 Å². The lowest BCUT2D eigenvalue weighted by Crippen LogP contribution is -2.10. The van der Waals surface area contributed by atoms with Gasteiger partial charge in [0.05, 0.1) is 17.4 Å². The van der Waals surface area contributed by atoms with Crippen LogP contribution in [0.25, 0.3) is 0 Å². The summed E-state index contributed by atoms with van der Waals surface area (Å²) >= 11 is 0. The summed E-state index contributed by atoms with van der Waals surface area (Å²) in [5.74, 6) is -1.54. The first-order valence-corrected chi connectivity index (χ1v) is 5.38. The van der Waals surface area contributed by atoms with Crippen molar-refractivity contribution in [3.05, 3.63) is 47.7 Å². The molecule has 0 aliphatic heterocycles. The first-order valence-electron chi connectivity index (χ1n) is 5.38. The lowest BCUT2D eigenvalue weighted by Gasteiger charge is -2.04. The SMILES string of the molecule is CC=COCCOC(=O)c1ccc(C(=O)O)cc1. The van der Waals surface area contributed by atoms with Crippen molar-refractivity contribution in [3.63, 3.8) is 0 Å². The van der Waals surface area contributed by atoms with Crippen LogP contribution in [-0.4, -0.2) is 30.3 Å². The number of esters is 1. The number of hydrogen-bond donors (Lipinski definition) is 1. The molecule has 1 rings (SSSR count). The van der Waals surface area contributed by atoms with Crippen LogP contribution in [-0.2, 0) is 9.47 Å². The van der Waals surface area contributed by atoms with Crippen molar-refractivity contribution in [1.82, 2.24) is 0 Å². The second kappa shape index (κ2) is 7.11. The molecule has 0 unspecified atom stereocenters. The number of hydrogen-bond acceptors (Lipinski definition) is 4. The summed E-state index contributed by atoms with van der Waals surface area (Å²) in [5, 5.41) is 8.70. The van der Waals surface area contributed by atoms with Crippen molar-refractivity contribution in [2.24, 2.45) is 0 Å². The van der Waals surface area contributed by atoms with E-state index in [0.717, 1.165) is 0 Å². The molecule has 1 N–H and O–H groups in total. The minimum atomic E-state index is -1.03. The molecule has 0 aliphatic rings. The molecular formula is C13H14O5. The van der Waals surface area contributed by atoms with Crippen molar-refractivity contribution in [2.45, 2.75) is 6.92 Å². The topological polar surface area (TPSA) is 72.8 Å². The molecule has 18 heavy (non-hydrogen) atoms. The van der Waals surface area contributed by atoms with Crippen molar-refractivity contribution in [1.29, 1.82) is 0 Å². The highest BCUT2D eigenvalue weighted by molar-refractivity contribution is 5.92. The summed E-state index contributed by atoms with van der Waals surface area (Å²) < 4.78 is 9.91. The van der Waals surface area contributed by atoms with Gasteiger partial charge in [0.15, 0.2) is 0 Å². The maximum atomic E-state index is 11.5. The number of carboxylic acid groups (broad SMARTS) is 1. The molecule has 0 spiro atoms. The van der Waals surface area contributed by atoms with Crippen LogP contribution < -0.4 is 0 Å². The monoisotopic (exact) mass is 250 g/mol. The minimum Gasteiger partial charge on any atom is -0.498 e. The number of allylic oxidation sites excluding steroid dienone is 1. The zero-order valence-electron chi connectivity index (χ0n) is 9.96. The first kappa shape index (κ1) is 13.8. The Hall–Kier alpha value is -2.30. The van der Waals surface area contributed by atoms with E-state index in [2.05, 4.69) is 0 Å². The normalized spacial score (nSPS) is 10.3. The second-order valence-corrected chi connectivity index (χ2v) is 3.36. The van der Waals surface area contributed by atoms with Crippen LogP contribution in [0, 0.1) is 0 Å². The van der Waals surface area contributed by atoms with Gasteiger partial charge in [-0.05, 0) is 31.2 Å². The standard InChI is InChI=1S/C13H14O5/c1-2-7-17-8-9-18-13(16)11-5-3-10(4-6-11)12(14)15/h2-7H,8-9H2,1H3,(H,14,15). The summed E-state index contributed by atoms with van der Waals surface area (Å²) in [4.78, 5) is 22.1. The van der Waals surface area contributed by atoms with Gasteiger partial charge in [0.2, 0.25) is 0 Å². The van der Waals surface area contributed by atoms with Crippen molar-refractivity contribution in [3.8, 4) is 0 Å². The average molecular weight is 250 g/mol. The summed E-state index contributed by atoms with van der Waals surface area (Å²) in [6.45, 7) is 2.24. The summed E-state index contributed by atoms with van der Waals surface area (Å²) in [7, 11) is 0. The number of benzene rings is 1.